The highest BCUT2D eigenvalue weighted by atomic mass is 127. The monoisotopic (exact) mass is 462 g/mol. The first-order chi connectivity index (χ1) is 11.6. The number of nitrogens with one attached hydrogen (secondary N) is 1. The quantitative estimate of drug-likeness (QED) is 0.316. The summed E-state index contributed by atoms with van der Waals surface area (Å²) in [5, 5.41) is 12.9. The molecule has 1 amide bonds. The number of β-amino-alcohol motifs (C(OH)–C–C–N with tert-alkyl or cyclic N) is 1. The van der Waals surface area contributed by atoms with Crippen LogP contribution in [0.4, 0.5) is 0 Å². The summed E-state index contributed by atoms with van der Waals surface area (Å²) in [4.78, 5) is 17.4. The molecule has 0 radical (unpaired) electrons. The van der Waals surface area contributed by atoms with Gasteiger partial charge in [0, 0.05) is 26.2 Å². The number of primary amides is 1. The van der Waals surface area contributed by atoms with Crippen LogP contribution in [-0.4, -0.2) is 60.8 Å². The van der Waals surface area contributed by atoms with Crippen molar-refractivity contribution in [2.45, 2.75) is 25.9 Å². The molecule has 1 aromatic rings. The van der Waals surface area contributed by atoms with Crippen LogP contribution in [0.2, 0.25) is 0 Å². The van der Waals surface area contributed by atoms with E-state index in [9.17, 15) is 9.90 Å². The van der Waals surface area contributed by atoms with Crippen molar-refractivity contribution in [3.05, 3.63) is 29.8 Å². The van der Waals surface area contributed by atoms with Crippen molar-refractivity contribution in [1.82, 2.24) is 10.2 Å². The van der Waals surface area contributed by atoms with Gasteiger partial charge in [-0.15, -0.1) is 24.0 Å². The predicted molar refractivity (Wildman–Crippen MR) is 108 cm³/mol. The molecule has 1 aliphatic rings. The van der Waals surface area contributed by atoms with Gasteiger partial charge >= 0.3 is 0 Å². The number of aliphatic imine (C=N–C) groups is 1. The maximum absolute atomic E-state index is 10.7. The molecule has 1 heterocycles. The Morgan fingerprint density at radius 2 is 2.16 bits per heavy atom. The molecule has 1 saturated heterocycles. The van der Waals surface area contributed by atoms with E-state index >= 15 is 0 Å². The van der Waals surface area contributed by atoms with Crippen molar-refractivity contribution in [3.8, 4) is 5.75 Å². The zero-order valence-corrected chi connectivity index (χ0v) is 16.8. The second-order valence-electron chi connectivity index (χ2n) is 5.77. The van der Waals surface area contributed by atoms with Crippen molar-refractivity contribution >= 4 is 35.8 Å². The number of nitrogens with two attached hydrogens (primary N) is 1. The van der Waals surface area contributed by atoms with E-state index in [4.69, 9.17) is 10.5 Å². The van der Waals surface area contributed by atoms with Crippen LogP contribution in [0.25, 0.3) is 0 Å². The summed E-state index contributed by atoms with van der Waals surface area (Å²) in [5.74, 6) is 0.993. The Morgan fingerprint density at radius 1 is 1.44 bits per heavy atom. The predicted octanol–water partition coefficient (Wildman–Crippen LogP) is 0.743. The Hall–Kier alpha value is -1.55. The van der Waals surface area contributed by atoms with Gasteiger partial charge in [-0.05, 0) is 37.5 Å². The van der Waals surface area contributed by atoms with E-state index in [0.717, 1.165) is 37.5 Å². The Bertz CT molecular complexity index is 566. The van der Waals surface area contributed by atoms with E-state index in [1.807, 2.05) is 31.2 Å². The number of hydrogen-bond donors (Lipinski definition) is 3. The van der Waals surface area contributed by atoms with E-state index in [-0.39, 0.29) is 36.7 Å². The fourth-order valence-electron chi connectivity index (χ4n) is 2.56. The van der Waals surface area contributed by atoms with E-state index in [0.29, 0.717) is 18.8 Å². The van der Waals surface area contributed by atoms with Crippen LogP contribution in [0.1, 0.15) is 18.9 Å². The van der Waals surface area contributed by atoms with Crippen molar-refractivity contribution in [3.63, 3.8) is 0 Å². The molecule has 0 aliphatic carbocycles. The zero-order chi connectivity index (χ0) is 17.4. The van der Waals surface area contributed by atoms with Crippen molar-refractivity contribution in [2.75, 3.05) is 32.8 Å². The summed E-state index contributed by atoms with van der Waals surface area (Å²) < 4.78 is 5.23. The summed E-state index contributed by atoms with van der Waals surface area (Å²) >= 11 is 0. The van der Waals surface area contributed by atoms with Gasteiger partial charge in [-0.2, -0.15) is 0 Å². The largest absolute Gasteiger partial charge is 0.484 e. The molecule has 1 aliphatic heterocycles. The number of hydrogen-bond acceptors (Lipinski definition) is 4. The van der Waals surface area contributed by atoms with Gasteiger partial charge in [-0.25, -0.2) is 0 Å². The second kappa shape index (κ2) is 11.1. The van der Waals surface area contributed by atoms with Gasteiger partial charge in [0.15, 0.2) is 12.6 Å². The Morgan fingerprint density at radius 3 is 2.72 bits per heavy atom. The van der Waals surface area contributed by atoms with Gasteiger partial charge in [0.2, 0.25) is 0 Å². The lowest BCUT2D eigenvalue weighted by molar-refractivity contribution is -0.119. The highest BCUT2D eigenvalue weighted by Crippen LogP contribution is 2.13. The number of amides is 1. The van der Waals surface area contributed by atoms with Crippen molar-refractivity contribution in [1.29, 1.82) is 0 Å². The fourth-order valence-corrected chi connectivity index (χ4v) is 2.56. The minimum atomic E-state index is -0.489. The van der Waals surface area contributed by atoms with E-state index in [1.54, 1.807) is 0 Å². The van der Waals surface area contributed by atoms with E-state index in [1.165, 1.54) is 0 Å². The topological polar surface area (TPSA) is 100 Å². The molecule has 25 heavy (non-hydrogen) atoms. The maximum Gasteiger partial charge on any atom is 0.255 e. The Balaban J connectivity index is 0.00000312. The number of aliphatic hydroxyl groups excluding tert-OH is 1. The highest BCUT2D eigenvalue weighted by molar-refractivity contribution is 14.0. The first kappa shape index (κ1) is 21.5. The van der Waals surface area contributed by atoms with E-state index < -0.39 is 5.91 Å². The SMILES string of the molecule is CCNC(=NCCc1ccc(OCC(N)=O)cc1)N1CC[C@@H](O)C1.I. The molecule has 4 N–H and O–H groups in total. The van der Waals surface area contributed by atoms with E-state index in [2.05, 4.69) is 15.2 Å². The van der Waals surface area contributed by atoms with Gasteiger partial charge in [-0.3, -0.25) is 9.79 Å². The summed E-state index contributed by atoms with van der Waals surface area (Å²) in [5.41, 5.74) is 6.19. The smallest absolute Gasteiger partial charge is 0.255 e. The zero-order valence-electron chi connectivity index (χ0n) is 14.5. The molecule has 140 valence electrons. The third-order valence-electron chi connectivity index (χ3n) is 3.76. The lowest BCUT2D eigenvalue weighted by Gasteiger charge is -2.20. The minimum Gasteiger partial charge on any atom is -0.484 e. The number of ether oxygens (including phenoxy) is 1. The molecule has 1 fully saturated rings. The van der Waals surface area contributed by atoms with Crippen LogP contribution in [-0.2, 0) is 11.2 Å². The van der Waals surface area contributed by atoms with Crippen LogP contribution in [0.5, 0.6) is 5.75 Å². The van der Waals surface area contributed by atoms with Crippen LogP contribution >= 0.6 is 24.0 Å². The van der Waals surface area contributed by atoms with Crippen LogP contribution in [0.3, 0.4) is 0 Å². The number of likely N-dealkylation sites (tertiary alicyclic amines) is 1. The molecule has 0 bridgehead atoms. The molecule has 0 spiro atoms. The van der Waals surface area contributed by atoms with Gasteiger partial charge in [0.05, 0.1) is 6.10 Å². The standard InChI is InChI=1S/C17H26N4O3.HI/c1-2-19-17(21-10-8-14(22)11-21)20-9-7-13-3-5-15(6-4-13)24-12-16(18)23;/h3-6,14,22H,2,7-12H2,1H3,(H2,18,23)(H,19,20);1H/t14-;/m1./s1. The summed E-state index contributed by atoms with van der Waals surface area (Å²) in [6.07, 6.45) is 1.33. The minimum absolute atomic E-state index is 0. The lowest BCUT2D eigenvalue weighted by Crippen LogP contribution is -2.40. The van der Waals surface area contributed by atoms with Gasteiger partial charge in [0.25, 0.3) is 5.91 Å². The first-order valence-electron chi connectivity index (χ1n) is 8.30. The third kappa shape index (κ3) is 7.47. The molecule has 1 aromatic carbocycles. The third-order valence-corrected chi connectivity index (χ3v) is 3.76. The Labute approximate surface area is 165 Å². The summed E-state index contributed by atoms with van der Waals surface area (Å²) in [7, 11) is 0. The van der Waals surface area contributed by atoms with Crippen LogP contribution in [0.15, 0.2) is 29.3 Å². The molecule has 0 saturated carbocycles. The molecule has 7 nitrogen and oxygen atoms in total. The number of aliphatic hydroxyl groups is 1. The normalized spacial score (nSPS) is 17.1. The van der Waals surface area contributed by atoms with Gasteiger partial charge in [0.1, 0.15) is 5.75 Å². The first-order valence-corrected chi connectivity index (χ1v) is 8.30. The molecular weight excluding hydrogens is 435 g/mol. The number of carbonyl (C=O) groups excluding carboxylic acids is 1. The van der Waals surface area contributed by atoms with Crippen molar-refractivity contribution in [2.24, 2.45) is 10.7 Å². The molecule has 2 rings (SSSR count). The molecule has 8 heteroatoms. The molecule has 0 aromatic heterocycles. The average Bonchev–Trinajstić information content (AvgIpc) is 2.99. The van der Waals surface area contributed by atoms with Crippen LogP contribution in [0, 0.1) is 0 Å². The number of nitrogens with zero attached hydrogens (tertiary/aromatic N) is 2. The van der Waals surface area contributed by atoms with Gasteiger partial charge in [-0.1, -0.05) is 12.1 Å². The summed E-state index contributed by atoms with van der Waals surface area (Å²) in [6, 6.07) is 7.56. The van der Waals surface area contributed by atoms with Gasteiger partial charge < -0.3 is 25.8 Å². The molecular formula is C17H27IN4O3. The number of halogens is 1. The summed E-state index contributed by atoms with van der Waals surface area (Å²) in [6.45, 7) is 4.86. The number of rotatable bonds is 7. The number of benzene rings is 1. The number of carbonyl (C=O) groups is 1. The maximum atomic E-state index is 10.7. The average molecular weight is 462 g/mol. The fraction of sp³-hybridized carbons (Fsp3) is 0.529. The highest BCUT2D eigenvalue weighted by Gasteiger charge is 2.22. The Kier molecular flexibility index (Phi) is 9.58. The lowest BCUT2D eigenvalue weighted by atomic mass is 10.1. The van der Waals surface area contributed by atoms with Crippen molar-refractivity contribution < 1.29 is 14.6 Å². The van der Waals surface area contributed by atoms with Crippen LogP contribution < -0.4 is 15.8 Å². The molecule has 1 atom stereocenters. The second-order valence-corrected chi connectivity index (χ2v) is 5.77. The number of guanidine groups is 1. The molecule has 0 unspecified atom stereocenters.